The summed E-state index contributed by atoms with van der Waals surface area (Å²) in [5.74, 6) is 0.902. The van der Waals surface area contributed by atoms with Crippen molar-refractivity contribution in [2.75, 3.05) is 0 Å². The third-order valence-electron chi connectivity index (χ3n) is 5.21. The lowest BCUT2D eigenvalue weighted by Gasteiger charge is -2.38. The SMILES string of the molecule is CC(C)C1C2OS(=O)(=O)C3(C)C2OC1C3C(C)C. The molecule has 0 aromatic heterocycles. The molecule has 3 aliphatic rings. The van der Waals surface area contributed by atoms with Crippen LogP contribution in [0.2, 0.25) is 0 Å². The molecule has 0 spiro atoms. The molecule has 2 bridgehead atoms. The monoisotopic (exact) mass is 274 g/mol. The van der Waals surface area contributed by atoms with Crippen LogP contribution in [0.1, 0.15) is 34.6 Å². The van der Waals surface area contributed by atoms with Crippen molar-refractivity contribution in [3.05, 3.63) is 0 Å². The van der Waals surface area contributed by atoms with Gasteiger partial charge in [-0.05, 0) is 18.8 Å². The summed E-state index contributed by atoms with van der Waals surface area (Å²) >= 11 is 0. The maximum absolute atomic E-state index is 12.4. The van der Waals surface area contributed by atoms with E-state index < -0.39 is 14.9 Å². The summed E-state index contributed by atoms with van der Waals surface area (Å²) in [6.45, 7) is 10.2. The fraction of sp³-hybridized carbons (Fsp3) is 1.00. The van der Waals surface area contributed by atoms with E-state index in [2.05, 4.69) is 27.7 Å². The molecule has 5 heteroatoms. The Balaban J connectivity index is 2.14. The van der Waals surface area contributed by atoms with E-state index in [9.17, 15) is 8.42 Å². The number of fused-ring (bicyclic) bond motifs is 1. The molecule has 0 aliphatic carbocycles. The van der Waals surface area contributed by atoms with Crippen molar-refractivity contribution >= 4 is 10.1 Å². The van der Waals surface area contributed by atoms with Gasteiger partial charge in [0.25, 0.3) is 10.1 Å². The normalized spacial score (nSPS) is 52.7. The zero-order valence-electron chi connectivity index (χ0n) is 11.6. The van der Waals surface area contributed by atoms with Crippen LogP contribution in [0.3, 0.4) is 0 Å². The highest BCUT2D eigenvalue weighted by Gasteiger charge is 2.77. The van der Waals surface area contributed by atoms with Crippen molar-refractivity contribution in [2.45, 2.75) is 57.7 Å². The first kappa shape index (κ1) is 12.9. The minimum absolute atomic E-state index is 0.0299. The zero-order valence-corrected chi connectivity index (χ0v) is 12.4. The summed E-state index contributed by atoms with van der Waals surface area (Å²) in [5, 5.41) is 0. The topological polar surface area (TPSA) is 52.6 Å². The molecule has 0 aromatic rings. The molecular weight excluding hydrogens is 252 g/mol. The highest BCUT2D eigenvalue weighted by Crippen LogP contribution is 2.62. The van der Waals surface area contributed by atoms with E-state index in [1.807, 2.05) is 6.92 Å². The van der Waals surface area contributed by atoms with Crippen molar-refractivity contribution in [2.24, 2.45) is 23.7 Å². The molecule has 6 unspecified atom stereocenters. The number of rotatable bonds is 2. The van der Waals surface area contributed by atoms with E-state index in [-0.39, 0.29) is 36.1 Å². The highest BCUT2D eigenvalue weighted by atomic mass is 32.2. The number of ether oxygens (including phenoxy) is 1. The largest absolute Gasteiger partial charge is 0.370 e. The van der Waals surface area contributed by atoms with E-state index in [4.69, 9.17) is 8.92 Å². The molecule has 0 saturated carbocycles. The second kappa shape index (κ2) is 3.49. The van der Waals surface area contributed by atoms with Crippen molar-refractivity contribution in [1.82, 2.24) is 0 Å². The third kappa shape index (κ3) is 1.21. The first-order chi connectivity index (χ1) is 8.22. The van der Waals surface area contributed by atoms with Crippen LogP contribution in [-0.4, -0.2) is 31.5 Å². The van der Waals surface area contributed by atoms with Gasteiger partial charge < -0.3 is 4.74 Å². The minimum atomic E-state index is -3.52. The average molecular weight is 274 g/mol. The Morgan fingerprint density at radius 1 is 1.06 bits per heavy atom. The fourth-order valence-corrected chi connectivity index (χ4v) is 6.44. The van der Waals surface area contributed by atoms with E-state index >= 15 is 0 Å². The van der Waals surface area contributed by atoms with Gasteiger partial charge in [-0.3, -0.25) is 4.18 Å². The lowest BCUT2D eigenvalue weighted by Crippen LogP contribution is -2.53. The fourth-order valence-electron chi connectivity index (χ4n) is 4.50. The molecule has 0 amide bonds. The van der Waals surface area contributed by atoms with Crippen LogP contribution in [0, 0.1) is 23.7 Å². The number of hydrogen-bond donors (Lipinski definition) is 0. The molecule has 104 valence electrons. The van der Waals surface area contributed by atoms with Crippen molar-refractivity contribution in [1.29, 1.82) is 0 Å². The summed E-state index contributed by atoms with van der Waals surface area (Å²) in [4.78, 5) is 0. The van der Waals surface area contributed by atoms with E-state index in [0.29, 0.717) is 5.92 Å². The highest BCUT2D eigenvalue weighted by molar-refractivity contribution is 7.88. The van der Waals surface area contributed by atoms with Gasteiger partial charge in [0, 0.05) is 11.8 Å². The van der Waals surface area contributed by atoms with Gasteiger partial charge in [0.05, 0.1) is 6.10 Å². The minimum Gasteiger partial charge on any atom is -0.370 e. The second-order valence-electron chi connectivity index (χ2n) is 6.81. The molecular formula is C13H22O4S. The van der Waals surface area contributed by atoms with Crippen molar-refractivity contribution < 1.29 is 17.3 Å². The molecule has 0 aromatic carbocycles. The molecule has 3 aliphatic heterocycles. The van der Waals surface area contributed by atoms with Crippen LogP contribution < -0.4 is 0 Å². The molecule has 3 heterocycles. The molecule has 18 heavy (non-hydrogen) atoms. The first-order valence-corrected chi connectivity index (χ1v) is 8.21. The quantitative estimate of drug-likeness (QED) is 0.721. The molecule has 3 fully saturated rings. The van der Waals surface area contributed by atoms with Gasteiger partial charge in [-0.2, -0.15) is 8.42 Å². The number of hydrogen-bond acceptors (Lipinski definition) is 4. The maximum Gasteiger partial charge on any atom is 0.276 e. The summed E-state index contributed by atoms with van der Waals surface area (Å²) in [5.41, 5.74) is 0. The van der Waals surface area contributed by atoms with Gasteiger partial charge in [0.2, 0.25) is 0 Å². The Morgan fingerprint density at radius 2 is 1.67 bits per heavy atom. The summed E-state index contributed by atoms with van der Waals surface area (Å²) in [6.07, 6.45) is -0.505. The lowest BCUT2D eigenvalue weighted by atomic mass is 9.66. The Bertz CT molecular complexity index is 469. The van der Waals surface area contributed by atoms with Gasteiger partial charge >= 0.3 is 0 Å². The average Bonchev–Trinajstić information content (AvgIpc) is 2.72. The van der Waals surface area contributed by atoms with E-state index in [0.717, 1.165) is 0 Å². The van der Waals surface area contributed by atoms with Crippen molar-refractivity contribution in [3.8, 4) is 0 Å². The Hall–Kier alpha value is -0.130. The van der Waals surface area contributed by atoms with Gasteiger partial charge in [-0.25, -0.2) is 0 Å². The van der Waals surface area contributed by atoms with Crippen LogP contribution in [0.4, 0.5) is 0 Å². The Morgan fingerprint density at radius 3 is 2.17 bits per heavy atom. The van der Waals surface area contributed by atoms with Gasteiger partial charge in [0.15, 0.2) is 0 Å². The predicted octanol–water partition coefficient (Wildman–Crippen LogP) is 1.80. The van der Waals surface area contributed by atoms with E-state index in [1.165, 1.54) is 0 Å². The van der Waals surface area contributed by atoms with Crippen LogP contribution in [0.15, 0.2) is 0 Å². The Kier molecular flexibility index (Phi) is 2.50. The van der Waals surface area contributed by atoms with Gasteiger partial charge in [0.1, 0.15) is 17.0 Å². The molecule has 4 nitrogen and oxygen atoms in total. The Labute approximate surface area is 109 Å². The van der Waals surface area contributed by atoms with Crippen LogP contribution in [0.5, 0.6) is 0 Å². The standard InChI is InChI=1S/C13H22O4S/c1-6(2)8-10-9(7(3)4)13(5)12(16-10)11(8)17-18(13,14)15/h6-12H,1-5H3. The summed E-state index contributed by atoms with van der Waals surface area (Å²) in [7, 11) is -3.52. The summed E-state index contributed by atoms with van der Waals surface area (Å²) in [6, 6.07) is 0. The van der Waals surface area contributed by atoms with E-state index in [1.54, 1.807) is 0 Å². The summed E-state index contributed by atoms with van der Waals surface area (Å²) < 4.78 is 35.4. The third-order valence-corrected chi connectivity index (χ3v) is 7.26. The van der Waals surface area contributed by atoms with Crippen molar-refractivity contribution in [3.63, 3.8) is 0 Å². The predicted molar refractivity (Wildman–Crippen MR) is 67.5 cm³/mol. The lowest BCUT2D eigenvalue weighted by molar-refractivity contribution is 0.0562. The molecule has 0 N–H and O–H groups in total. The van der Waals surface area contributed by atoms with Gasteiger partial charge in [-0.1, -0.05) is 27.7 Å². The maximum atomic E-state index is 12.4. The second-order valence-corrected chi connectivity index (χ2v) is 8.79. The molecule has 0 radical (unpaired) electrons. The molecule has 3 saturated heterocycles. The van der Waals surface area contributed by atoms with Crippen LogP contribution in [0.25, 0.3) is 0 Å². The molecule has 3 rings (SSSR count). The van der Waals surface area contributed by atoms with Crippen LogP contribution in [-0.2, 0) is 19.0 Å². The smallest absolute Gasteiger partial charge is 0.276 e. The van der Waals surface area contributed by atoms with Gasteiger partial charge in [-0.15, -0.1) is 0 Å². The first-order valence-electron chi connectivity index (χ1n) is 6.80. The van der Waals surface area contributed by atoms with Crippen LogP contribution >= 0.6 is 0 Å². The zero-order chi connectivity index (χ0) is 13.5. The molecule has 6 atom stereocenters.